The van der Waals surface area contributed by atoms with Gasteiger partial charge in [-0.05, 0) is 44.0 Å². The Bertz CT molecular complexity index is 909. The lowest BCUT2D eigenvalue weighted by Crippen LogP contribution is -2.75. The Kier molecular flexibility index (Phi) is 4.80. The lowest BCUT2D eigenvalue weighted by Gasteiger charge is -2.60. The Morgan fingerprint density at radius 2 is 1.18 bits per heavy atom. The number of hydrogen-bond acceptors (Lipinski definition) is 2. The highest BCUT2D eigenvalue weighted by Gasteiger charge is 2.65. The SMILES string of the molecule is CC(C)(C)N1C(=O)C(c2ccccc2)(c2ccccc2)C1Sc1ccccc1. The Labute approximate surface area is 171 Å². The van der Waals surface area contributed by atoms with E-state index in [9.17, 15) is 4.79 Å². The first-order chi connectivity index (χ1) is 13.5. The van der Waals surface area contributed by atoms with Crippen molar-refractivity contribution in [1.82, 2.24) is 4.90 Å². The van der Waals surface area contributed by atoms with Crippen molar-refractivity contribution < 1.29 is 4.79 Å². The molecule has 4 rings (SSSR count). The number of thioether (sulfide) groups is 1. The van der Waals surface area contributed by atoms with Crippen LogP contribution in [0.4, 0.5) is 0 Å². The molecule has 1 saturated heterocycles. The van der Waals surface area contributed by atoms with Gasteiger partial charge >= 0.3 is 0 Å². The van der Waals surface area contributed by atoms with Crippen molar-refractivity contribution in [2.75, 3.05) is 0 Å². The highest BCUT2D eigenvalue weighted by molar-refractivity contribution is 8.00. The van der Waals surface area contributed by atoms with Crippen molar-refractivity contribution in [3.05, 3.63) is 102 Å². The topological polar surface area (TPSA) is 20.3 Å². The summed E-state index contributed by atoms with van der Waals surface area (Å²) in [6, 6.07) is 30.8. The molecular formula is C25H25NOS. The summed E-state index contributed by atoms with van der Waals surface area (Å²) in [5.74, 6) is 0.172. The Balaban J connectivity index is 1.91. The monoisotopic (exact) mass is 387 g/mol. The van der Waals surface area contributed by atoms with Gasteiger partial charge in [-0.15, -0.1) is 0 Å². The van der Waals surface area contributed by atoms with Crippen LogP contribution in [0.2, 0.25) is 0 Å². The van der Waals surface area contributed by atoms with Gasteiger partial charge in [-0.2, -0.15) is 0 Å². The molecule has 1 aliphatic heterocycles. The van der Waals surface area contributed by atoms with E-state index in [2.05, 4.69) is 69.3 Å². The van der Waals surface area contributed by atoms with Crippen LogP contribution < -0.4 is 0 Å². The molecule has 0 aromatic heterocycles. The summed E-state index contributed by atoms with van der Waals surface area (Å²) in [5.41, 5.74) is 1.17. The van der Waals surface area contributed by atoms with Crippen molar-refractivity contribution in [2.24, 2.45) is 0 Å². The van der Waals surface area contributed by atoms with Crippen LogP contribution in [0.3, 0.4) is 0 Å². The van der Waals surface area contributed by atoms with Gasteiger partial charge in [0.05, 0.1) is 0 Å². The molecule has 1 heterocycles. The summed E-state index contributed by atoms with van der Waals surface area (Å²) >= 11 is 1.77. The van der Waals surface area contributed by atoms with E-state index in [0.717, 1.165) is 11.1 Å². The minimum atomic E-state index is -0.684. The van der Waals surface area contributed by atoms with Crippen LogP contribution in [0.15, 0.2) is 95.9 Å². The number of hydrogen-bond donors (Lipinski definition) is 0. The molecule has 1 aliphatic rings. The lowest BCUT2D eigenvalue weighted by atomic mass is 9.66. The second kappa shape index (κ2) is 7.14. The van der Waals surface area contributed by atoms with E-state index < -0.39 is 5.41 Å². The maximum atomic E-state index is 13.8. The van der Waals surface area contributed by atoms with Gasteiger partial charge in [0.2, 0.25) is 5.91 Å². The fourth-order valence-electron chi connectivity index (χ4n) is 4.06. The van der Waals surface area contributed by atoms with Crippen LogP contribution >= 0.6 is 11.8 Å². The van der Waals surface area contributed by atoms with Gasteiger partial charge in [-0.1, -0.05) is 90.6 Å². The number of rotatable bonds is 4. The molecule has 142 valence electrons. The van der Waals surface area contributed by atoms with Crippen LogP contribution in [-0.2, 0) is 10.2 Å². The number of nitrogens with zero attached hydrogens (tertiary/aromatic N) is 1. The van der Waals surface area contributed by atoms with E-state index in [1.54, 1.807) is 11.8 Å². The highest BCUT2D eigenvalue weighted by Crippen LogP contribution is 2.55. The highest BCUT2D eigenvalue weighted by atomic mass is 32.2. The standard InChI is InChI=1S/C25H25NOS/c1-24(2,3)26-22(27)25(19-13-7-4-8-14-19,20-15-9-5-10-16-20)23(26)28-21-17-11-6-12-18-21/h4-18,23H,1-3H3. The first-order valence-corrected chi connectivity index (χ1v) is 10.5. The zero-order chi connectivity index (χ0) is 19.8. The summed E-state index contributed by atoms with van der Waals surface area (Å²) in [7, 11) is 0. The van der Waals surface area contributed by atoms with Crippen LogP contribution in [-0.4, -0.2) is 21.7 Å². The molecule has 1 fully saturated rings. The number of carbonyl (C=O) groups excluding carboxylic acids is 1. The number of amides is 1. The third-order valence-corrected chi connectivity index (χ3v) is 6.66. The predicted octanol–water partition coefficient (Wildman–Crippen LogP) is 5.73. The maximum absolute atomic E-state index is 13.8. The van der Waals surface area contributed by atoms with E-state index in [4.69, 9.17) is 0 Å². The van der Waals surface area contributed by atoms with Crippen LogP contribution in [0.5, 0.6) is 0 Å². The average molecular weight is 388 g/mol. The summed E-state index contributed by atoms with van der Waals surface area (Å²) in [6.07, 6.45) is 0. The quantitative estimate of drug-likeness (QED) is 0.533. The van der Waals surface area contributed by atoms with Gasteiger partial charge in [0.15, 0.2) is 0 Å². The molecule has 0 aliphatic carbocycles. The summed E-state index contributed by atoms with van der Waals surface area (Å²) in [6.45, 7) is 6.34. The van der Waals surface area contributed by atoms with Gasteiger partial charge in [0.1, 0.15) is 10.8 Å². The van der Waals surface area contributed by atoms with Crippen LogP contribution in [0.1, 0.15) is 31.9 Å². The Morgan fingerprint density at radius 1 is 0.750 bits per heavy atom. The van der Waals surface area contributed by atoms with Crippen molar-refractivity contribution in [2.45, 2.75) is 42.0 Å². The molecule has 3 heteroatoms. The summed E-state index contributed by atoms with van der Waals surface area (Å²) in [4.78, 5) is 17.1. The third-order valence-electron chi connectivity index (χ3n) is 5.33. The molecule has 1 atom stereocenters. The van der Waals surface area contributed by atoms with Gasteiger partial charge in [0, 0.05) is 10.4 Å². The average Bonchev–Trinajstić information content (AvgIpc) is 2.69. The van der Waals surface area contributed by atoms with Gasteiger partial charge in [-0.25, -0.2) is 0 Å². The molecule has 0 spiro atoms. The molecule has 1 amide bonds. The predicted molar refractivity (Wildman–Crippen MR) is 116 cm³/mol. The fourth-order valence-corrected chi connectivity index (χ4v) is 5.70. The number of benzene rings is 3. The molecular weight excluding hydrogens is 362 g/mol. The number of β-lactam (4-membered cyclic amide) rings is 1. The first-order valence-electron chi connectivity index (χ1n) is 9.62. The van der Waals surface area contributed by atoms with Gasteiger partial charge in [0.25, 0.3) is 0 Å². The van der Waals surface area contributed by atoms with Crippen molar-refractivity contribution in [1.29, 1.82) is 0 Å². The van der Waals surface area contributed by atoms with E-state index >= 15 is 0 Å². The van der Waals surface area contributed by atoms with Crippen molar-refractivity contribution >= 4 is 17.7 Å². The van der Waals surface area contributed by atoms with E-state index in [1.165, 1.54) is 4.90 Å². The second-order valence-electron chi connectivity index (χ2n) is 8.17. The zero-order valence-electron chi connectivity index (χ0n) is 16.5. The Morgan fingerprint density at radius 3 is 1.61 bits per heavy atom. The molecule has 0 radical (unpaired) electrons. The molecule has 3 aromatic carbocycles. The second-order valence-corrected chi connectivity index (χ2v) is 9.32. The van der Waals surface area contributed by atoms with E-state index in [-0.39, 0.29) is 16.8 Å². The van der Waals surface area contributed by atoms with Crippen LogP contribution in [0, 0.1) is 0 Å². The van der Waals surface area contributed by atoms with Crippen LogP contribution in [0.25, 0.3) is 0 Å². The zero-order valence-corrected chi connectivity index (χ0v) is 17.3. The summed E-state index contributed by atoms with van der Waals surface area (Å²) in [5, 5.41) is -0.0211. The molecule has 0 saturated carbocycles. The van der Waals surface area contributed by atoms with Crippen molar-refractivity contribution in [3.8, 4) is 0 Å². The minimum Gasteiger partial charge on any atom is -0.323 e. The first kappa shape index (κ1) is 18.8. The Hall–Kier alpha value is -2.52. The molecule has 0 bridgehead atoms. The third kappa shape index (κ3) is 2.94. The molecule has 1 unspecified atom stereocenters. The smallest absolute Gasteiger partial charge is 0.242 e. The largest absolute Gasteiger partial charge is 0.323 e. The maximum Gasteiger partial charge on any atom is 0.242 e. The molecule has 28 heavy (non-hydrogen) atoms. The molecule has 0 N–H and O–H groups in total. The van der Waals surface area contributed by atoms with Gasteiger partial charge in [-0.3, -0.25) is 4.79 Å². The molecule has 3 aromatic rings. The van der Waals surface area contributed by atoms with Gasteiger partial charge < -0.3 is 4.90 Å². The van der Waals surface area contributed by atoms with E-state index in [0.29, 0.717) is 0 Å². The minimum absolute atomic E-state index is 0.0211. The fraction of sp³-hybridized carbons (Fsp3) is 0.240. The lowest BCUT2D eigenvalue weighted by molar-refractivity contribution is -0.159. The molecule has 2 nitrogen and oxygen atoms in total. The summed E-state index contributed by atoms with van der Waals surface area (Å²) < 4.78 is 0. The number of carbonyl (C=O) groups is 1. The normalized spacial score (nSPS) is 18.6. The number of likely N-dealkylation sites (tertiary alicyclic amines) is 1. The van der Waals surface area contributed by atoms with E-state index in [1.807, 2.05) is 47.4 Å². The van der Waals surface area contributed by atoms with Crippen molar-refractivity contribution in [3.63, 3.8) is 0 Å².